The van der Waals surface area contributed by atoms with Crippen molar-refractivity contribution in [3.63, 3.8) is 0 Å². The lowest BCUT2D eigenvalue weighted by molar-refractivity contribution is 0.294. The number of nitrogens with one attached hydrogen (secondary N) is 2. The largest absolute Gasteiger partial charge is 0.317 e. The first kappa shape index (κ1) is 12.6. The number of hydrogen-bond donors (Lipinski definition) is 2. The van der Waals surface area contributed by atoms with Crippen LogP contribution in [0.3, 0.4) is 0 Å². The maximum Gasteiger partial charge on any atom is 0.276 e. The average Bonchev–Trinajstić information content (AvgIpc) is 2.91. The molecule has 1 fully saturated rings. The molecule has 1 spiro atoms. The molecular weight excluding hydrogens is 320 g/mol. The van der Waals surface area contributed by atoms with Crippen LogP contribution in [0.2, 0.25) is 0 Å². The van der Waals surface area contributed by atoms with Gasteiger partial charge in [0.05, 0.1) is 5.69 Å². The Labute approximate surface area is 124 Å². The minimum absolute atomic E-state index is 0.0306. The van der Waals surface area contributed by atoms with Crippen molar-refractivity contribution in [2.24, 2.45) is 0 Å². The normalized spacial score (nSPS) is 24.4. The van der Waals surface area contributed by atoms with E-state index in [0.29, 0.717) is 11.6 Å². The number of fused-ring (bicyclic) bond motifs is 3. The number of hydrogen-bond acceptors (Lipinski definition) is 3. The van der Waals surface area contributed by atoms with Crippen LogP contribution in [0.25, 0.3) is 5.65 Å². The molecule has 2 N–H and O–H groups in total. The van der Waals surface area contributed by atoms with Crippen LogP contribution in [0.15, 0.2) is 15.5 Å². The van der Waals surface area contributed by atoms with Crippen molar-refractivity contribution in [2.75, 3.05) is 13.1 Å². The molecule has 0 amide bonds. The standard InChI is InChI=1S/C14H17BrN4O/c1-8-7-14(2-4-16-5-3-14)11-12(8)17-10-6-9(15)18-19(10)13(11)20/h6,8,16,18H,2-5,7H2,1H3. The maximum atomic E-state index is 12.9. The molecule has 0 radical (unpaired) electrons. The number of aromatic nitrogens is 3. The molecule has 0 bridgehead atoms. The van der Waals surface area contributed by atoms with Crippen LogP contribution >= 0.6 is 15.9 Å². The number of aromatic amines is 1. The first-order valence-corrected chi connectivity index (χ1v) is 7.92. The van der Waals surface area contributed by atoms with Gasteiger partial charge in [-0.1, -0.05) is 6.92 Å². The summed E-state index contributed by atoms with van der Waals surface area (Å²) in [7, 11) is 0. The Kier molecular flexibility index (Phi) is 2.63. The fourth-order valence-electron chi connectivity index (χ4n) is 4.01. The van der Waals surface area contributed by atoms with Crippen molar-refractivity contribution in [1.82, 2.24) is 19.9 Å². The third-order valence-electron chi connectivity index (χ3n) is 4.87. The summed E-state index contributed by atoms with van der Waals surface area (Å²) in [5, 5.41) is 6.43. The smallest absolute Gasteiger partial charge is 0.276 e. The molecule has 1 atom stereocenters. The van der Waals surface area contributed by atoms with Gasteiger partial charge in [0, 0.05) is 17.0 Å². The summed E-state index contributed by atoms with van der Waals surface area (Å²) in [4.78, 5) is 17.7. The van der Waals surface area contributed by atoms with Crippen LogP contribution in [-0.4, -0.2) is 27.7 Å². The van der Waals surface area contributed by atoms with Gasteiger partial charge in [-0.15, -0.1) is 0 Å². The van der Waals surface area contributed by atoms with Crippen LogP contribution in [0.1, 0.15) is 43.4 Å². The Morgan fingerprint density at radius 2 is 2.20 bits per heavy atom. The molecule has 106 valence electrons. The van der Waals surface area contributed by atoms with Gasteiger partial charge in [0.25, 0.3) is 5.56 Å². The second kappa shape index (κ2) is 4.18. The lowest BCUT2D eigenvalue weighted by Crippen LogP contribution is -2.42. The van der Waals surface area contributed by atoms with Crippen LogP contribution in [0.5, 0.6) is 0 Å². The summed E-state index contributed by atoms with van der Waals surface area (Å²) in [6, 6.07) is 1.86. The molecule has 1 saturated heterocycles. The lowest BCUT2D eigenvalue weighted by atomic mass is 9.74. The highest BCUT2D eigenvalue weighted by Crippen LogP contribution is 2.48. The topological polar surface area (TPSA) is 62.2 Å². The van der Waals surface area contributed by atoms with E-state index in [1.165, 1.54) is 0 Å². The second-order valence-corrected chi connectivity index (χ2v) is 6.96. The van der Waals surface area contributed by atoms with E-state index in [-0.39, 0.29) is 11.0 Å². The van der Waals surface area contributed by atoms with Gasteiger partial charge in [-0.05, 0) is 54.2 Å². The first-order chi connectivity index (χ1) is 9.61. The number of nitrogens with zero attached hydrogens (tertiary/aromatic N) is 2. The van der Waals surface area contributed by atoms with Gasteiger partial charge in [-0.25, -0.2) is 9.50 Å². The van der Waals surface area contributed by atoms with Crippen molar-refractivity contribution < 1.29 is 0 Å². The number of piperidine rings is 1. The van der Waals surface area contributed by atoms with E-state index < -0.39 is 0 Å². The summed E-state index contributed by atoms with van der Waals surface area (Å²) in [6.45, 7) is 4.17. The Bertz CT molecular complexity index is 741. The molecule has 6 heteroatoms. The highest BCUT2D eigenvalue weighted by molar-refractivity contribution is 9.10. The zero-order chi connectivity index (χ0) is 13.9. The van der Waals surface area contributed by atoms with Gasteiger partial charge in [0.15, 0.2) is 5.65 Å². The molecule has 1 aliphatic heterocycles. The minimum atomic E-state index is 0.0306. The molecule has 1 aliphatic carbocycles. The molecule has 20 heavy (non-hydrogen) atoms. The monoisotopic (exact) mass is 336 g/mol. The van der Waals surface area contributed by atoms with E-state index in [0.717, 1.165) is 48.2 Å². The van der Waals surface area contributed by atoms with Crippen molar-refractivity contribution >= 4 is 21.6 Å². The van der Waals surface area contributed by atoms with Crippen LogP contribution in [0, 0.1) is 0 Å². The predicted molar refractivity (Wildman–Crippen MR) is 80.3 cm³/mol. The molecule has 0 saturated carbocycles. The van der Waals surface area contributed by atoms with E-state index >= 15 is 0 Å². The van der Waals surface area contributed by atoms with Gasteiger partial charge in [0.2, 0.25) is 0 Å². The lowest BCUT2D eigenvalue weighted by Gasteiger charge is -2.34. The van der Waals surface area contributed by atoms with E-state index in [1.807, 2.05) is 6.07 Å². The third-order valence-corrected chi connectivity index (χ3v) is 5.27. The summed E-state index contributed by atoms with van der Waals surface area (Å²) in [5.41, 5.74) is 2.80. The van der Waals surface area contributed by atoms with Gasteiger partial charge < -0.3 is 5.32 Å². The second-order valence-electron chi connectivity index (χ2n) is 6.11. The van der Waals surface area contributed by atoms with Gasteiger partial charge in [0.1, 0.15) is 4.60 Å². The van der Waals surface area contributed by atoms with Crippen LogP contribution in [0.4, 0.5) is 0 Å². The maximum absolute atomic E-state index is 12.9. The Morgan fingerprint density at radius 3 is 2.95 bits per heavy atom. The zero-order valence-corrected chi connectivity index (χ0v) is 13.0. The number of halogens is 1. The molecule has 5 nitrogen and oxygen atoms in total. The fraction of sp³-hybridized carbons (Fsp3) is 0.571. The Morgan fingerprint density at radius 1 is 1.45 bits per heavy atom. The summed E-state index contributed by atoms with van der Waals surface area (Å²) in [6.07, 6.45) is 3.13. The Balaban J connectivity index is 2.02. The SMILES string of the molecule is CC1CC2(CCNCC2)c2c1nc1cc(Br)[nH]n1c2=O. The quantitative estimate of drug-likeness (QED) is 0.772. The summed E-state index contributed by atoms with van der Waals surface area (Å²) >= 11 is 3.39. The zero-order valence-electron chi connectivity index (χ0n) is 11.4. The average molecular weight is 337 g/mol. The summed E-state index contributed by atoms with van der Waals surface area (Å²) in [5.74, 6) is 0.370. The van der Waals surface area contributed by atoms with E-state index in [9.17, 15) is 4.79 Å². The number of rotatable bonds is 0. The molecule has 0 aromatic carbocycles. The fourth-order valence-corrected chi connectivity index (χ4v) is 4.39. The van der Waals surface area contributed by atoms with Crippen molar-refractivity contribution in [1.29, 1.82) is 0 Å². The van der Waals surface area contributed by atoms with Crippen molar-refractivity contribution in [3.05, 3.63) is 32.3 Å². The van der Waals surface area contributed by atoms with Crippen molar-refractivity contribution in [2.45, 2.75) is 37.5 Å². The molecular formula is C14H17BrN4O. The minimum Gasteiger partial charge on any atom is -0.317 e. The third kappa shape index (κ3) is 1.58. The van der Waals surface area contributed by atoms with Crippen LogP contribution < -0.4 is 10.9 Å². The Hall–Kier alpha value is -1.14. The number of H-pyrrole nitrogens is 1. The summed E-state index contributed by atoms with van der Waals surface area (Å²) < 4.78 is 2.36. The van der Waals surface area contributed by atoms with Gasteiger partial charge in [-0.2, -0.15) is 0 Å². The first-order valence-electron chi connectivity index (χ1n) is 7.13. The molecule has 2 aromatic rings. The molecule has 3 heterocycles. The van der Waals surface area contributed by atoms with E-state index in [2.05, 4.69) is 33.3 Å². The molecule has 2 aliphatic rings. The highest BCUT2D eigenvalue weighted by atomic mass is 79.9. The predicted octanol–water partition coefficient (Wildman–Crippen LogP) is 1.91. The molecule has 1 unspecified atom stereocenters. The van der Waals surface area contributed by atoms with Crippen LogP contribution in [-0.2, 0) is 5.41 Å². The molecule has 4 rings (SSSR count). The van der Waals surface area contributed by atoms with E-state index in [1.54, 1.807) is 4.52 Å². The van der Waals surface area contributed by atoms with Gasteiger partial charge in [-0.3, -0.25) is 9.89 Å². The van der Waals surface area contributed by atoms with E-state index in [4.69, 9.17) is 4.98 Å². The molecule has 2 aromatic heterocycles. The van der Waals surface area contributed by atoms with Gasteiger partial charge >= 0.3 is 0 Å². The highest BCUT2D eigenvalue weighted by Gasteiger charge is 2.46. The van der Waals surface area contributed by atoms with Crippen molar-refractivity contribution in [3.8, 4) is 0 Å².